The number of amides is 2. The van der Waals surface area contributed by atoms with Gasteiger partial charge in [-0.2, -0.15) is 0 Å². The Morgan fingerprint density at radius 3 is 2.70 bits per heavy atom. The molecule has 0 aliphatic rings. The second-order valence-electron chi connectivity index (χ2n) is 4.79. The summed E-state index contributed by atoms with van der Waals surface area (Å²) < 4.78 is 5.08. The van der Waals surface area contributed by atoms with Gasteiger partial charge in [0.15, 0.2) is 0 Å². The second kappa shape index (κ2) is 8.97. The van der Waals surface area contributed by atoms with Crippen molar-refractivity contribution in [2.45, 2.75) is 19.9 Å². The smallest absolute Gasteiger partial charge is 0.254 e. The second-order valence-corrected chi connectivity index (χ2v) is 4.79. The molecule has 0 spiro atoms. The highest BCUT2D eigenvalue weighted by atomic mass is 35.5. The molecule has 23 heavy (non-hydrogen) atoms. The largest absolute Gasteiger partial charge is 0.467 e. The van der Waals surface area contributed by atoms with Crippen LogP contribution in [-0.2, 0) is 17.8 Å². The third-order valence-electron chi connectivity index (χ3n) is 3.15. The zero-order valence-electron chi connectivity index (χ0n) is 12.8. The molecule has 1 aromatic heterocycles. The van der Waals surface area contributed by atoms with E-state index in [0.29, 0.717) is 17.0 Å². The van der Waals surface area contributed by atoms with Crippen molar-refractivity contribution >= 4 is 29.9 Å². The van der Waals surface area contributed by atoms with Gasteiger partial charge in [-0.15, -0.1) is 12.4 Å². The Kier molecular flexibility index (Phi) is 7.31. The van der Waals surface area contributed by atoms with E-state index in [1.165, 1.54) is 6.26 Å². The molecular formula is C16H20ClN3O3. The van der Waals surface area contributed by atoms with Crippen LogP contribution in [0.3, 0.4) is 0 Å². The minimum absolute atomic E-state index is 0. The van der Waals surface area contributed by atoms with E-state index in [4.69, 9.17) is 10.2 Å². The molecule has 0 unspecified atom stereocenters. The Morgan fingerprint density at radius 2 is 2.04 bits per heavy atom. The molecular weight excluding hydrogens is 318 g/mol. The van der Waals surface area contributed by atoms with Gasteiger partial charge in [-0.3, -0.25) is 9.59 Å². The van der Waals surface area contributed by atoms with Gasteiger partial charge < -0.3 is 20.8 Å². The summed E-state index contributed by atoms with van der Waals surface area (Å²) in [6, 6.07) is 9.14. The summed E-state index contributed by atoms with van der Waals surface area (Å²) >= 11 is 0. The molecule has 0 radical (unpaired) electrons. The fraction of sp³-hybridized carbons (Fsp3) is 0.250. The fourth-order valence-electron chi connectivity index (χ4n) is 1.94. The molecule has 2 aromatic rings. The summed E-state index contributed by atoms with van der Waals surface area (Å²) in [6.07, 6.45) is 2.21. The van der Waals surface area contributed by atoms with Gasteiger partial charge in [0.25, 0.3) is 5.91 Å². The third-order valence-corrected chi connectivity index (χ3v) is 3.15. The first-order valence-corrected chi connectivity index (χ1v) is 7.07. The molecule has 1 heterocycles. The minimum Gasteiger partial charge on any atom is -0.467 e. The van der Waals surface area contributed by atoms with Crippen molar-refractivity contribution < 1.29 is 14.0 Å². The van der Waals surface area contributed by atoms with Gasteiger partial charge in [-0.25, -0.2) is 0 Å². The lowest BCUT2D eigenvalue weighted by atomic mass is 10.1. The van der Waals surface area contributed by atoms with E-state index in [2.05, 4.69) is 10.6 Å². The number of carbonyl (C=O) groups is 2. The molecule has 2 amide bonds. The maximum Gasteiger partial charge on any atom is 0.254 e. The first kappa shape index (κ1) is 18.7. The number of hydrogen-bond acceptors (Lipinski definition) is 4. The fourth-order valence-corrected chi connectivity index (χ4v) is 1.94. The Bertz CT molecular complexity index is 670. The monoisotopic (exact) mass is 337 g/mol. The van der Waals surface area contributed by atoms with Gasteiger partial charge in [0.05, 0.1) is 18.7 Å². The third kappa shape index (κ3) is 5.43. The first-order chi connectivity index (χ1) is 10.6. The van der Waals surface area contributed by atoms with Crippen molar-refractivity contribution in [3.63, 3.8) is 0 Å². The van der Waals surface area contributed by atoms with E-state index >= 15 is 0 Å². The number of rotatable bonds is 6. The summed E-state index contributed by atoms with van der Waals surface area (Å²) in [7, 11) is 0. The number of nitrogens with two attached hydrogens (primary N) is 1. The van der Waals surface area contributed by atoms with E-state index < -0.39 is 0 Å². The van der Waals surface area contributed by atoms with Crippen molar-refractivity contribution in [2.75, 3.05) is 11.9 Å². The molecule has 0 aliphatic heterocycles. The average molecular weight is 338 g/mol. The SMILES string of the molecule is CCc1cccc(NC(=O)CNC(=O)c2coc(CN)c2)c1.Cl. The normalized spacial score (nSPS) is 9.83. The van der Waals surface area contributed by atoms with Crippen molar-refractivity contribution in [1.82, 2.24) is 5.32 Å². The van der Waals surface area contributed by atoms with Gasteiger partial charge in [0.1, 0.15) is 12.0 Å². The van der Waals surface area contributed by atoms with Crippen molar-refractivity contribution in [3.05, 3.63) is 53.5 Å². The molecule has 0 saturated carbocycles. The Labute approximate surface area is 140 Å². The number of halogens is 1. The number of benzene rings is 1. The molecule has 4 N–H and O–H groups in total. The van der Waals surface area contributed by atoms with Gasteiger partial charge in [-0.1, -0.05) is 19.1 Å². The minimum atomic E-state index is -0.374. The van der Waals surface area contributed by atoms with Crippen molar-refractivity contribution in [3.8, 4) is 0 Å². The number of furan rings is 1. The lowest BCUT2D eigenvalue weighted by Gasteiger charge is -2.07. The van der Waals surface area contributed by atoms with Crippen LogP contribution in [0, 0.1) is 0 Å². The zero-order valence-corrected chi connectivity index (χ0v) is 13.6. The van der Waals surface area contributed by atoms with Crippen LogP contribution < -0.4 is 16.4 Å². The van der Waals surface area contributed by atoms with E-state index in [9.17, 15) is 9.59 Å². The summed E-state index contributed by atoms with van der Waals surface area (Å²) in [5.41, 5.74) is 7.60. The molecule has 6 nitrogen and oxygen atoms in total. The van der Waals surface area contributed by atoms with Crippen LogP contribution in [-0.4, -0.2) is 18.4 Å². The van der Waals surface area contributed by atoms with Crippen LogP contribution in [0.5, 0.6) is 0 Å². The molecule has 2 rings (SSSR count). The molecule has 0 saturated heterocycles. The lowest BCUT2D eigenvalue weighted by molar-refractivity contribution is -0.115. The number of hydrogen-bond donors (Lipinski definition) is 3. The highest BCUT2D eigenvalue weighted by molar-refractivity contribution is 5.99. The molecule has 0 atom stereocenters. The van der Waals surface area contributed by atoms with Crippen LogP contribution in [0.15, 0.2) is 41.0 Å². The van der Waals surface area contributed by atoms with Crippen molar-refractivity contribution in [2.24, 2.45) is 5.73 Å². The lowest BCUT2D eigenvalue weighted by Crippen LogP contribution is -2.32. The van der Waals surface area contributed by atoms with E-state index in [-0.39, 0.29) is 37.3 Å². The summed E-state index contributed by atoms with van der Waals surface area (Å²) in [6.45, 7) is 2.15. The Morgan fingerprint density at radius 1 is 1.26 bits per heavy atom. The predicted molar refractivity (Wildman–Crippen MR) is 90.6 cm³/mol. The first-order valence-electron chi connectivity index (χ1n) is 7.07. The number of aryl methyl sites for hydroxylation is 1. The van der Waals surface area contributed by atoms with Crippen LogP contribution in [0.4, 0.5) is 5.69 Å². The maximum atomic E-state index is 11.8. The van der Waals surface area contributed by atoms with Gasteiger partial charge in [0.2, 0.25) is 5.91 Å². The molecule has 0 fully saturated rings. The van der Waals surface area contributed by atoms with Crippen LogP contribution in [0.2, 0.25) is 0 Å². The molecule has 124 valence electrons. The quantitative estimate of drug-likeness (QED) is 0.751. The zero-order chi connectivity index (χ0) is 15.9. The highest BCUT2D eigenvalue weighted by Crippen LogP contribution is 2.11. The highest BCUT2D eigenvalue weighted by Gasteiger charge is 2.11. The van der Waals surface area contributed by atoms with Crippen LogP contribution >= 0.6 is 12.4 Å². The average Bonchev–Trinajstić information content (AvgIpc) is 3.02. The number of anilines is 1. The van der Waals surface area contributed by atoms with Crippen LogP contribution in [0.25, 0.3) is 0 Å². The summed E-state index contributed by atoms with van der Waals surface area (Å²) in [5, 5.41) is 5.28. The molecule has 7 heteroatoms. The van der Waals surface area contributed by atoms with Crippen molar-refractivity contribution in [1.29, 1.82) is 0 Å². The molecule has 1 aromatic carbocycles. The predicted octanol–water partition coefficient (Wildman–Crippen LogP) is 2.09. The summed E-state index contributed by atoms with van der Waals surface area (Å²) in [4.78, 5) is 23.7. The van der Waals surface area contributed by atoms with Gasteiger partial charge >= 0.3 is 0 Å². The van der Waals surface area contributed by atoms with Gasteiger partial charge in [0, 0.05) is 5.69 Å². The van der Waals surface area contributed by atoms with E-state index in [0.717, 1.165) is 12.0 Å². The van der Waals surface area contributed by atoms with E-state index in [1.807, 2.05) is 31.2 Å². The number of nitrogens with one attached hydrogen (secondary N) is 2. The Balaban J connectivity index is 0.00000264. The standard InChI is InChI=1S/C16H19N3O3.ClH/c1-2-11-4-3-5-13(6-11)19-15(20)9-18-16(21)12-7-14(8-17)22-10-12;/h3-7,10H,2,8-9,17H2,1H3,(H,18,21)(H,19,20);1H. The topological polar surface area (TPSA) is 97.4 Å². The van der Waals surface area contributed by atoms with E-state index in [1.54, 1.807) is 6.07 Å². The Hall–Kier alpha value is -2.31. The molecule has 0 bridgehead atoms. The number of carbonyl (C=O) groups excluding carboxylic acids is 2. The molecule has 0 aliphatic carbocycles. The van der Waals surface area contributed by atoms with Crippen LogP contribution in [0.1, 0.15) is 28.6 Å². The summed E-state index contributed by atoms with van der Waals surface area (Å²) in [5.74, 6) is -0.143. The maximum absolute atomic E-state index is 11.8. The van der Waals surface area contributed by atoms with Gasteiger partial charge in [-0.05, 0) is 30.2 Å².